The molecule has 0 fully saturated rings. The van der Waals surface area contributed by atoms with Crippen LogP contribution in [-0.4, -0.2) is 32.5 Å². The van der Waals surface area contributed by atoms with Crippen molar-refractivity contribution < 1.29 is 14.3 Å². The van der Waals surface area contributed by atoms with Crippen molar-refractivity contribution >= 4 is 35.6 Å². The Labute approximate surface area is 131 Å². The molecule has 3 N–H and O–H groups in total. The average Bonchev–Trinajstić information content (AvgIpc) is 2.38. The van der Waals surface area contributed by atoms with Crippen LogP contribution in [0.5, 0.6) is 5.75 Å². The van der Waals surface area contributed by atoms with E-state index in [9.17, 15) is 9.59 Å². The van der Waals surface area contributed by atoms with E-state index >= 15 is 0 Å². The largest absolute Gasteiger partial charge is 0.495 e. The zero-order valence-corrected chi connectivity index (χ0v) is 13.5. The van der Waals surface area contributed by atoms with E-state index in [0.717, 1.165) is 0 Å². The van der Waals surface area contributed by atoms with Crippen LogP contribution in [0.3, 0.4) is 0 Å². The van der Waals surface area contributed by atoms with E-state index in [2.05, 4.69) is 16.0 Å². The van der Waals surface area contributed by atoms with Crippen LogP contribution in [0.4, 0.5) is 11.4 Å². The summed E-state index contributed by atoms with van der Waals surface area (Å²) < 4.78 is 5.15. The second-order valence-corrected chi connectivity index (χ2v) is 4.54. The number of hydrogen-bond acceptors (Lipinski definition) is 4. The zero-order valence-electron chi connectivity index (χ0n) is 12.6. The first kappa shape index (κ1) is 19.2. The molecule has 1 aromatic rings. The van der Waals surface area contributed by atoms with Crippen LogP contribution in [-0.2, 0) is 9.59 Å². The fraction of sp³-hybridized carbons (Fsp3) is 0.429. The molecule has 0 bridgehead atoms. The molecule has 2 amide bonds. The third-order valence-electron chi connectivity index (χ3n) is 2.74. The minimum absolute atomic E-state index is 0. The number of rotatable bonds is 6. The molecule has 1 unspecified atom stereocenters. The van der Waals surface area contributed by atoms with Gasteiger partial charge in [-0.3, -0.25) is 9.59 Å². The molecule has 1 aromatic carbocycles. The SMILES string of the molecule is CNCC(C)C(=O)Nc1ccc(OC)c(NC(C)=O)c1.Cl. The van der Waals surface area contributed by atoms with Gasteiger partial charge in [0.1, 0.15) is 5.75 Å². The highest BCUT2D eigenvalue weighted by Gasteiger charge is 2.13. The summed E-state index contributed by atoms with van der Waals surface area (Å²) in [5.41, 5.74) is 1.14. The predicted octanol–water partition coefficient (Wildman–Crippen LogP) is 1.87. The van der Waals surface area contributed by atoms with Gasteiger partial charge in [0.25, 0.3) is 0 Å². The number of amides is 2. The second kappa shape index (κ2) is 9.20. The molecule has 0 saturated heterocycles. The maximum atomic E-state index is 11.9. The number of anilines is 2. The van der Waals surface area contributed by atoms with Crippen LogP contribution in [0.15, 0.2) is 18.2 Å². The number of carbonyl (C=O) groups is 2. The van der Waals surface area contributed by atoms with Crippen LogP contribution in [0.25, 0.3) is 0 Å². The summed E-state index contributed by atoms with van der Waals surface area (Å²) in [6.45, 7) is 3.85. The molecule has 0 heterocycles. The number of ether oxygens (including phenoxy) is 1. The summed E-state index contributed by atoms with van der Waals surface area (Å²) >= 11 is 0. The topological polar surface area (TPSA) is 79.5 Å². The molecular weight excluding hydrogens is 294 g/mol. The van der Waals surface area contributed by atoms with Gasteiger partial charge in [-0.05, 0) is 25.2 Å². The van der Waals surface area contributed by atoms with Crippen molar-refractivity contribution in [2.24, 2.45) is 5.92 Å². The third-order valence-corrected chi connectivity index (χ3v) is 2.74. The Balaban J connectivity index is 0.00000400. The molecule has 0 aliphatic rings. The van der Waals surface area contributed by atoms with Crippen LogP contribution in [0, 0.1) is 5.92 Å². The van der Waals surface area contributed by atoms with Crippen LogP contribution in [0.2, 0.25) is 0 Å². The van der Waals surface area contributed by atoms with Crippen molar-refractivity contribution in [2.75, 3.05) is 31.3 Å². The summed E-state index contributed by atoms with van der Waals surface area (Å²) in [5, 5.41) is 8.42. The van der Waals surface area contributed by atoms with Gasteiger partial charge in [-0.2, -0.15) is 0 Å². The molecule has 0 spiro atoms. The number of halogens is 1. The van der Waals surface area contributed by atoms with Gasteiger partial charge in [0, 0.05) is 25.1 Å². The lowest BCUT2D eigenvalue weighted by atomic mass is 10.1. The molecule has 118 valence electrons. The van der Waals surface area contributed by atoms with Gasteiger partial charge in [0.15, 0.2) is 0 Å². The van der Waals surface area contributed by atoms with E-state index in [0.29, 0.717) is 23.7 Å². The zero-order chi connectivity index (χ0) is 15.1. The Morgan fingerprint density at radius 2 is 1.95 bits per heavy atom. The number of benzene rings is 1. The highest BCUT2D eigenvalue weighted by atomic mass is 35.5. The fourth-order valence-corrected chi connectivity index (χ4v) is 1.74. The maximum absolute atomic E-state index is 11.9. The molecule has 0 aromatic heterocycles. The molecule has 0 radical (unpaired) electrons. The van der Waals surface area contributed by atoms with E-state index in [4.69, 9.17) is 4.74 Å². The normalized spacial score (nSPS) is 11.0. The van der Waals surface area contributed by atoms with Crippen molar-refractivity contribution in [1.82, 2.24) is 5.32 Å². The molecule has 7 heteroatoms. The lowest BCUT2D eigenvalue weighted by Gasteiger charge is -2.14. The fourth-order valence-electron chi connectivity index (χ4n) is 1.74. The molecular formula is C14H22ClN3O3. The summed E-state index contributed by atoms with van der Waals surface area (Å²) in [6, 6.07) is 5.10. The number of hydrogen-bond donors (Lipinski definition) is 3. The lowest BCUT2D eigenvalue weighted by molar-refractivity contribution is -0.119. The Kier molecular flexibility index (Phi) is 8.42. The highest BCUT2D eigenvalue weighted by molar-refractivity contribution is 5.95. The van der Waals surface area contributed by atoms with Crippen molar-refractivity contribution in [1.29, 1.82) is 0 Å². The number of methoxy groups -OCH3 is 1. The monoisotopic (exact) mass is 315 g/mol. The molecule has 0 saturated carbocycles. The minimum Gasteiger partial charge on any atom is -0.495 e. The first-order valence-corrected chi connectivity index (χ1v) is 6.39. The number of nitrogens with one attached hydrogen (secondary N) is 3. The minimum atomic E-state index is -0.199. The van der Waals surface area contributed by atoms with Gasteiger partial charge in [0.2, 0.25) is 11.8 Å². The van der Waals surface area contributed by atoms with Gasteiger partial charge >= 0.3 is 0 Å². The molecule has 0 aliphatic heterocycles. The Hall–Kier alpha value is -1.79. The van der Waals surface area contributed by atoms with Gasteiger partial charge in [0.05, 0.1) is 12.8 Å². The summed E-state index contributed by atoms with van der Waals surface area (Å²) in [7, 11) is 3.32. The van der Waals surface area contributed by atoms with E-state index in [1.54, 1.807) is 25.2 Å². The summed E-state index contributed by atoms with van der Waals surface area (Å²) in [4.78, 5) is 23.1. The van der Waals surface area contributed by atoms with E-state index in [-0.39, 0.29) is 30.1 Å². The van der Waals surface area contributed by atoms with Gasteiger partial charge < -0.3 is 20.7 Å². The van der Waals surface area contributed by atoms with E-state index in [1.807, 2.05) is 6.92 Å². The predicted molar refractivity (Wildman–Crippen MR) is 86.3 cm³/mol. The second-order valence-electron chi connectivity index (χ2n) is 4.54. The first-order chi connectivity index (χ1) is 9.47. The first-order valence-electron chi connectivity index (χ1n) is 6.39. The molecule has 21 heavy (non-hydrogen) atoms. The Bertz CT molecular complexity index is 494. The summed E-state index contributed by atoms with van der Waals surface area (Å²) in [6.07, 6.45) is 0. The molecule has 1 atom stereocenters. The van der Waals surface area contributed by atoms with Gasteiger partial charge in [-0.15, -0.1) is 12.4 Å². The smallest absolute Gasteiger partial charge is 0.228 e. The maximum Gasteiger partial charge on any atom is 0.228 e. The molecule has 0 aliphatic carbocycles. The average molecular weight is 316 g/mol. The highest BCUT2D eigenvalue weighted by Crippen LogP contribution is 2.28. The Morgan fingerprint density at radius 3 is 2.48 bits per heavy atom. The van der Waals surface area contributed by atoms with Gasteiger partial charge in [-0.25, -0.2) is 0 Å². The lowest BCUT2D eigenvalue weighted by Crippen LogP contribution is -2.28. The third kappa shape index (κ3) is 6.01. The summed E-state index contributed by atoms with van der Waals surface area (Å²) in [5.74, 6) is 0.112. The quantitative estimate of drug-likeness (QED) is 0.749. The van der Waals surface area contributed by atoms with Crippen molar-refractivity contribution in [3.05, 3.63) is 18.2 Å². The van der Waals surface area contributed by atoms with E-state index < -0.39 is 0 Å². The van der Waals surface area contributed by atoms with Crippen LogP contribution in [0.1, 0.15) is 13.8 Å². The standard InChI is InChI=1S/C14H21N3O3.ClH/c1-9(8-15-3)14(19)17-11-5-6-13(20-4)12(7-11)16-10(2)18;/h5-7,9,15H,8H2,1-4H3,(H,16,18)(H,17,19);1H. The van der Waals surface area contributed by atoms with E-state index in [1.165, 1.54) is 14.0 Å². The van der Waals surface area contributed by atoms with Crippen molar-refractivity contribution in [3.63, 3.8) is 0 Å². The van der Waals surface area contributed by atoms with Gasteiger partial charge in [-0.1, -0.05) is 6.92 Å². The Morgan fingerprint density at radius 1 is 1.29 bits per heavy atom. The van der Waals surface area contributed by atoms with Crippen molar-refractivity contribution in [3.8, 4) is 5.75 Å². The van der Waals surface area contributed by atoms with Crippen LogP contribution < -0.4 is 20.7 Å². The molecule has 1 rings (SSSR count). The molecule has 6 nitrogen and oxygen atoms in total. The van der Waals surface area contributed by atoms with Crippen LogP contribution >= 0.6 is 12.4 Å². The number of carbonyl (C=O) groups excluding carboxylic acids is 2. The van der Waals surface area contributed by atoms with Crippen molar-refractivity contribution in [2.45, 2.75) is 13.8 Å².